The van der Waals surface area contributed by atoms with E-state index < -0.39 is 12.0 Å². The monoisotopic (exact) mass is 254 g/mol. The second kappa shape index (κ2) is 5.92. The predicted molar refractivity (Wildman–Crippen MR) is 63.0 cm³/mol. The Morgan fingerprint density at radius 2 is 2.28 bits per heavy atom. The molecule has 2 heterocycles. The van der Waals surface area contributed by atoms with E-state index in [9.17, 15) is 9.90 Å². The number of rotatable bonds is 5. The lowest BCUT2D eigenvalue weighted by atomic mass is 10.3. The summed E-state index contributed by atoms with van der Waals surface area (Å²) >= 11 is 0. The molecular weight excluding hydrogens is 236 g/mol. The quantitative estimate of drug-likeness (QED) is 0.740. The van der Waals surface area contributed by atoms with Crippen LogP contribution >= 0.6 is 0 Å². The van der Waals surface area contributed by atoms with Crippen molar-refractivity contribution in [2.45, 2.75) is 25.9 Å². The molecule has 0 aromatic carbocycles. The largest absolute Gasteiger partial charge is 0.390 e. The molecule has 1 atom stereocenters. The maximum Gasteiger partial charge on any atom is 0.292 e. The molecular formula is C11H18N4O3. The summed E-state index contributed by atoms with van der Waals surface area (Å²) in [6, 6.07) is 0. The van der Waals surface area contributed by atoms with Crippen LogP contribution in [-0.4, -0.2) is 58.3 Å². The highest BCUT2D eigenvalue weighted by atomic mass is 16.5. The van der Waals surface area contributed by atoms with Gasteiger partial charge in [0.1, 0.15) is 0 Å². The molecule has 100 valence electrons. The number of carbonyl (C=O) groups is 1. The molecule has 0 spiro atoms. The number of amides is 1. The number of aromatic nitrogens is 2. The highest BCUT2D eigenvalue weighted by Gasteiger charge is 2.18. The second-order valence-electron chi connectivity index (χ2n) is 4.51. The molecule has 1 unspecified atom stereocenters. The molecule has 0 saturated carbocycles. The molecule has 1 aliphatic rings. The normalized spacial score (nSPS) is 17.9. The highest BCUT2D eigenvalue weighted by molar-refractivity contribution is 5.90. The van der Waals surface area contributed by atoms with Crippen molar-refractivity contribution in [2.24, 2.45) is 0 Å². The maximum atomic E-state index is 11.6. The van der Waals surface area contributed by atoms with E-state index in [1.165, 1.54) is 12.8 Å². The van der Waals surface area contributed by atoms with Crippen LogP contribution in [0.2, 0.25) is 0 Å². The van der Waals surface area contributed by atoms with Crippen LogP contribution in [0, 0.1) is 6.92 Å². The molecule has 0 radical (unpaired) electrons. The van der Waals surface area contributed by atoms with Crippen LogP contribution in [0.15, 0.2) is 4.52 Å². The van der Waals surface area contributed by atoms with Gasteiger partial charge in [-0.3, -0.25) is 4.79 Å². The topological polar surface area (TPSA) is 91.5 Å². The van der Waals surface area contributed by atoms with Crippen LogP contribution in [0.4, 0.5) is 0 Å². The third-order valence-electron chi connectivity index (χ3n) is 2.90. The van der Waals surface area contributed by atoms with Crippen molar-refractivity contribution < 1.29 is 14.4 Å². The minimum atomic E-state index is -0.569. The van der Waals surface area contributed by atoms with E-state index >= 15 is 0 Å². The molecule has 7 nitrogen and oxygen atoms in total. The Morgan fingerprint density at radius 3 is 2.89 bits per heavy atom. The molecule has 0 aliphatic carbocycles. The number of hydrogen-bond donors (Lipinski definition) is 2. The van der Waals surface area contributed by atoms with Crippen LogP contribution in [0.1, 0.15) is 29.4 Å². The number of aliphatic hydroxyl groups is 1. The first-order chi connectivity index (χ1) is 8.65. The van der Waals surface area contributed by atoms with E-state index in [0.29, 0.717) is 12.4 Å². The van der Waals surface area contributed by atoms with Crippen molar-refractivity contribution in [3.63, 3.8) is 0 Å². The second-order valence-corrected chi connectivity index (χ2v) is 4.51. The van der Waals surface area contributed by atoms with Crippen LogP contribution in [0.3, 0.4) is 0 Å². The Balaban J connectivity index is 1.71. The summed E-state index contributed by atoms with van der Waals surface area (Å²) in [5.41, 5.74) is 0. The van der Waals surface area contributed by atoms with Gasteiger partial charge < -0.3 is 19.8 Å². The molecule has 1 fully saturated rings. The smallest absolute Gasteiger partial charge is 0.292 e. The van der Waals surface area contributed by atoms with Crippen molar-refractivity contribution in [1.82, 2.24) is 20.4 Å². The van der Waals surface area contributed by atoms with Crippen molar-refractivity contribution in [2.75, 3.05) is 26.2 Å². The number of likely N-dealkylation sites (tertiary alicyclic amines) is 1. The van der Waals surface area contributed by atoms with Gasteiger partial charge in [-0.25, -0.2) is 0 Å². The third kappa shape index (κ3) is 3.51. The van der Waals surface area contributed by atoms with E-state index in [1.54, 1.807) is 6.92 Å². The van der Waals surface area contributed by atoms with Gasteiger partial charge in [0.2, 0.25) is 5.89 Å². The first kappa shape index (κ1) is 13.0. The standard InChI is InChI=1S/C11H18N4O3/c1-8-13-10(14-18-8)11(17)12-6-9(16)7-15-4-2-3-5-15/h9,16H,2-7H2,1H3,(H,12,17). The van der Waals surface area contributed by atoms with Gasteiger partial charge in [0.15, 0.2) is 0 Å². The molecule has 18 heavy (non-hydrogen) atoms. The van der Waals surface area contributed by atoms with Crippen LogP contribution in [0.5, 0.6) is 0 Å². The van der Waals surface area contributed by atoms with Crippen LogP contribution in [-0.2, 0) is 0 Å². The molecule has 2 rings (SSSR count). The van der Waals surface area contributed by atoms with Crippen molar-refractivity contribution in [3.05, 3.63) is 11.7 Å². The highest BCUT2D eigenvalue weighted by Crippen LogP contribution is 2.07. The SMILES string of the molecule is Cc1nc(C(=O)NCC(O)CN2CCCC2)no1. The molecule has 1 aliphatic heterocycles. The minimum absolute atomic E-state index is 0.000808. The molecule has 1 amide bonds. The van der Waals surface area contributed by atoms with Gasteiger partial charge in [-0.1, -0.05) is 5.16 Å². The summed E-state index contributed by atoms with van der Waals surface area (Å²) in [7, 11) is 0. The zero-order chi connectivity index (χ0) is 13.0. The maximum absolute atomic E-state index is 11.6. The summed E-state index contributed by atoms with van der Waals surface area (Å²) in [6.07, 6.45) is 1.79. The Bertz CT molecular complexity index is 401. The number of hydrogen-bond acceptors (Lipinski definition) is 6. The summed E-state index contributed by atoms with van der Waals surface area (Å²) in [5.74, 6) is -0.0778. The molecule has 1 saturated heterocycles. The molecule has 1 aromatic rings. The van der Waals surface area contributed by atoms with Crippen LogP contribution < -0.4 is 5.32 Å². The number of β-amino-alcohol motifs (C(OH)–C–C–N with tert-alkyl or cyclic N) is 1. The fourth-order valence-electron chi connectivity index (χ4n) is 2.01. The minimum Gasteiger partial charge on any atom is -0.390 e. The molecule has 0 bridgehead atoms. The fraction of sp³-hybridized carbons (Fsp3) is 0.727. The molecule has 1 aromatic heterocycles. The van der Waals surface area contributed by atoms with Gasteiger partial charge in [0, 0.05) is 20.0 Å². The Morgan fingerprint density at radius 1 is 1.56 bits per heavy atom. The van der Waals surface area contributed by atoms with E-state index in [0.717, 1.165) is 13.1 Å². The Hall–Kier alpha value is -1.47. The summed E-state index contributed by atoms with van der Waals surface area (Å²) in [6.45, 7) is 4.45. The van der Waals surface area contributed by atoms with E-state index in [2.05, 4.69) is 20.4 Å². The average Bonchev–Trinajstić information content (AvgIpc) is 2.97. The average molecular weight is 254 g/mol. The summed E-state index contributed by atoms with van der Waals surface area (Å²) < 4.78 is 4.71. The number of aryl methyl sites for hydroxylation is 1. The number of nitrogens with zero attached hydrogens (tertiary/aromatic N) is 3. The van der Waals surface area contributed by atoms with Gasteiger partial charge >= 0.3 is 0 Å². The molecule has 7 heteroatoms. The Kier molecular flexibility index (Phi) is 4.27. The zero-order valence-corrected chi connectivity index (χ0v) is 10.4. The third-order valence-corrected chi connectivity index (χ3v) is 2.90. The number of nitrogens with one attached hydrogen (secondary N) is 1. The lowest BCUT2D eigenvalue weighted by Gasteiger charge is -2.19. The van der Waals surface area contributed by atoms with Crippen molar-refractivity contribution >= 4 is 5.91 Å². The van der Waals surface area contributed by atoms with Gasteiger partial charge in [0.25, 0.3) is 11.7 Å². The lowest BCUT2D eigenvalue weighted by molar-refractivity contribution is 0.0867. The van der Waals surface area contributed by atoms with Gasteiger partial charge in [-0.15, -0.1) is 0 Å². The van der Waals surface area contributed by atoms with E-state index in [-0.39, 0.29) is 12.4 Å². The molecule has 2 N–H and O–H groups in total. The van der Waals surface area contributed by atoms with Crippen molar-refractivity contribution in [1.29, 1.82) is 0 Å². The lowest BCUT2D eigenvalue weighted by Crippen LogP contribution is -2.39. The van der Waals surface area contributed by atoms with Gasteiger partial charge in [-0.2, -0.15) is 4.98 Å². The number of aliphatic hydroxyl groups excluding tert-OH is 1. The van der Waals surface area contributed by atoms with E-state index in [4.69, 9.17) is 4.52 Å². The van der Waals surface area contributed by atoms with Crippen molar-refractivity contribution in [3.8, 4) is 0 Å². The first-order valence-electron chi connectivity index (χ1n) is 6.14. The zero-order valence-electron chi connectivity index (χ0n) is 10.4. The summed E-state index contributed by atoms with van der Waals surface area (Å²) in [5, 5.41) is 15.9. The number of carbonyl (C=O) groups excluding carboxylic acids is 1. The van der Waals surface area contributed by atoms with E-state index in [1.807, 2.05) is 0 Å². The van der Waals surface area contributed by atoms with Crippen LogP contribution in [0.25, 0.3) is 0 Å². The Labute approximate surface area is 105 Å². The van der Waals surface area contributed by atoms with Gasteiger partial charge in [0.05, 0.1) is 6.10 Å². The fourth-order valence-corrected chi connectivity index (χ4v) is 2.01. The predicted octanol–water partition coefficient (Wildman–Crippen LogP) is -0.435. The first-order valence-corrected chi connectivity index (χ1v) is 6.14. The summed E-state index contributed by atoms with van der Waals surface area (Å²) in [4.78, 5) is 17.6. The van der Waals surface area contributed by atoms with Gasteiger partial charge in [-0.05, 0) is 25.9 Å².